The molecule has 0 saturated carbocycles. The van der Waals surface area contributed by atoms with Gasteiger partial charge in [0.25, 0.3) is 0 Å². The van der Waals surface area contributed by atoms with E-state index < -0.39 is 0 Å². The molecule has 0 aromatic rings. The van der Waals surface area contributed by atoms with Gasteiger partial charge in [-0.2, -0.15) is 0 Å². The molecule has 3 fully saturated rings. The first-order valence-corrected chi connectivity index (χ1v) is 7.29. The molecule has 0 spiro atoms. The van der Waals surface area contributed by atoms with E-state index in [0.717, 1.165) is 38.0 Å². The molecule has 0 aliphatic carbocycles. The van der Waals surface area contributed by atoms with Crippen LogP contribution < -0.4 is 0 Å². The molecule has 18 heavy (non-hydrogen) atoms. The van der Waals surface area contributed by atoms with Crippen molar-refractivity contribution in [2.45, 2.75) is 12.8 Å². The van der Waals surface area contributed by atoms with E-state index >= 15 is 0 Å². The standard InChI is InChI=1S/C14H25N3O/c1-15-5-3-11(4-6-15)12-9-17(10-12)14(18)13-7-16(2)8-13/h11-13H,3-10H2,1-2H3. The van der Waals surface area contributed by atoms with Gasteiger partial charge in [0, 0.05) is 26.2 Å². The maximum atomic E-state index is 12.1. The second kappa shape index (κ2) is 4.82. The van der Waals surface area contributed by atoms with Gasteiger partial charge >= 0.3 is 0 Å². The van der Waals surface area contributed by atoms with Crippen LogP contribution in [0.5, 0.6) is 0 Å². The van der Waals surface area contributed by atoms with Gasteiger partial charge in [-0.25, -0.2) is 0 Å². The number of piperidine rings is 1. The minimum atomic E-state index is 0.299. The third kappa shape index (κ3) is 2.28. The molecule has 102 valence electrons. The molecule has 0 unspecified atom stereocenters. The van der Waals surface area contributed by atoms with Crippen LogP contribution in [-0.4, -0.2) is 74.0 Å². The topological polar surface area (TPSA) is 26.8 Å². The molecule has 0 radical (unpaired) electrons. The Morgan fingerprint density at radius 1 is 0.889 bits per heavy atom. The van der Waals surface area contributed by atoms with Crippen LogP contribution in [0.1, 0.15) is 12.8 Å². The molecular weight excluding hydrogens is 226 g/mol. The zero-order valence-corrected chi connectivity index (χ0v) is 11.6. The maximum absolute atomic E-state index is 12.1. The summed E-state index contributed by atoms with van der Waals surface area (Å²) >= 11 is 0. The fourth-order valence-electron chi connectivity index (χ4n) is 3.60. The molecule has 3 rings (SSSR count). The van der Waals surface area contributed by atoms with Crippen LogP contribution in [0, 0.1) is 17.8 Å². The Labute approximate surface area is 110 Å². The Morgan fingerprint density at radius 3 is 2.06 bits per heavy atom. The smallest absolute Gasteiger partial charge is 0.228 e. The molecule has 0 bridgehead atoms. The monoisotopic (exact) mass is 251 g/mol. The molecule has 0 aromatic heterocycles. The highest BCUT2D eigenvalue weighted by molar-refractivity contribution is 5.81. The van der Waals surface area contributed by atoms with Crippen molar-refractivity contribution in [2.75, 3.05) is 53.4 Å². The van der Waals surface area contributed by atoms with Gasteiger partial charge in [0.05, 0.1) is 5.92 Å². The minimum absolute atomic E-state index is 0.299. The van der Waals surface area contributed by atoms with Crippen molar-refractivity contribution in [3.8, 4) is 0 Å². The van der Waals surface area contributed by atoms with E-state index in [1.807, 2.05) is 0 Å². The second-order valence-corrected chi connectivity index (χ2v) is 6.56. The summed E-state index contributed by atoms with van der Waals surface area (Å²) in [5, 5.41) is 0. The number of carbonyl (C=O) groups excluding carboxylic acids is 1. The van der Waals surface area contributed by atoms with Crippen LogP contribution in [0.25, 0.3) is 0 Å². The summed E-state index contributed by atoms with van der Waals surface area (Å²) in [5.74, 6) is 2.38. The van der Waals surface area contributed by atoms with E-state index in [4.69, 9.17) is 0 Å². The molecule has 4 nitrogen and oxygen atoms in total. The Kier molecular flexibility index (Phi) is 3.32. The molecule has 0 aromatic carbocycles. The van der Waals surface area contributed by atoms with Gasteiger partial charge in [0.15, 0.2) is 0 Å². The van der Waals surface area contributed by atoms with Gasteiger partial charge < -0.3 is 14.7 Å². The molecule has 3 saturated heterocycles. The number of amides is 1. The maximum Gasteiger partial charge on any atom is 0.228 e. The lowest BCUT2D eigenvalue weighted by Crippen LogP contribution is -2.60. The summed E-state index contributed by atoms with van der Waals surface area (Å²) < 4.78 is 0. The molecule has 3 heterocycles. The highest BCUT2D eigenvalue weighted by atomic mass is 16.2. The van der Waals surface area contributed by atoms with E-state index in [2.05, 4.69) is 28.8 Å². The highest BCUT2D eigenvalue weighted by Crippen LogP contribution is 2.32. The summed E-state index contributed by atoms with van der Waals surface area (Å²) in [5.41, 5.74) is 0. The molecule has 0 N–H and O–H groups in total. The van der Waals surface area contributed by atoms with E-state index in [1.165, 1.54) is 25.9 Å². The number of likely N-dealkylation sites (tertiary alicyclic amines) is 3. The Bertz CT molecular complexity index is 313. The summed E-state index contributed by atoms with van der Waals surface area (Å²) in [6.07, 6.45) is 2.66. The number of hydrogen-bond donors (Lipinski definition) is 0. The Balaban J connectivity index is 1.41. The molecule has 3 aliphatic heterocycles. The third-order valence-corrected chi connectivity index (χ3v) is 5.06. The summed E-state index contributed by atoms with van der Waals surface area (Å²) in [4.78, 5) is 18.9. The first kappa shape index (κ1) is 12.4. The summed E-state index contributed by atoms with van der Waals surface area (Å²) in [6.45, 7) is 6.48. The third-order valence-electron chi connectivity index (χ3n) is 5.06. The second-order valence-electron chi connectivity index (χ2n) is 6.56. The molecular formula is C14H25N3O. The van der Waals surface area contributed by atoms with Crippen LogP contribution >= 0.6 is 0 Å². The lowest BCUT2D eigenvalue weighted by Gasteiger charge is -2.48. The van der Waals surface area contributed by atoms with E-state index in [0.29, 0.717) is 11.8 Å². The number of hydrogen-bond acceptors (Lipinski definition) is 3. The van der Waals surface area contributed by atoms with Crippen molar-refractivity contribution in [1.82, 2.24) is 14.7 Å². The zero-order valence-electron chi connectivity index (χ0n) is 11.6. The van der Waals surface area contributed by atoms with Crippen LogP contribution in [0.3, 0.4) is 0 Å². The lowest BCUT2D eigenvalue weighted by atomic mass is 9.79. The Hall–Kier alpha value is -0.610. The van der Waals surface area contributed by atoms with Crippen molar-refractivity contribution in [3.63, 3.8) is 0 Å². The number of rotatable bonds is 2. The average molecular weight is 251 g/mol. The van der Waals surface area contributed by atoms with Gasteiger partial charge in [-0.05, 0) is 51.9 Å². The van der Waals surface area contributed by atoms with Crippen molar-refractivity contribution < 1.29 is 4.79 Å². The minimum Gasteiger partial charge on any atom is -0.342 e. The lowest BCUT2D eigenvalue weighted by molar-refractivity contribution is -0.148. The van der Waals surface area contributed by atoms with Crippen molar-refractivity contribution >= 4 is 5.91 Å². The number of nitrogens with zero attached hydrogens (tertiary/aromatic N) is 3. The van der Waals surface area contributed by atoms with Gasteiger partial charge in [-0.1, -0.05) is 0 Å². The van der Waals surface area contributed by atoms with Crippen LogP contribution in [0.4, 0.5) is 0 Å². The summed E-state index contributed by atoms with van der Waals surface area (Å²) in [7, 11) is 4.29. The van der Waals surface area contributed by atoms with E-state index in [-0.39, 0.29) is 0 Å². The van der Waals surface area contributed by atoms with Crippen LogP contribution in [-0.2, 0) is 4.79 Å². The first-order chi connectivity index (χ1) is 8.63. The van der Waals surface area contributed by atoms with Gasteiger partial charge in [-0.3, -0.25) is 4.79 Å². The largest absolute Gasteiger partial charge is 0.342 e. The van der Waals surface area contributed by atoms with Crippen molar-refractivity contribution in [2.24, 2.45) is 17.8 Å². The van der Waals surface area contributed by atoms with Crippen LogP contribution in [0.15, 0.2) is 0 Å². The quantitative estimate of drug-likeness (QED) is 0.708. The Morgan fingerprint density at radius 2 is 1.50 bits per heavy atom. The van der Waals surface area contributed by atoms with E-state index in [1.54, 1.807) is 0 Å². The number of carbonyl (C=O) groups is 1. The molecule has 3 aliphatic rings. The van der Waals surface area contributed by atoms with Gasteiger partial charge in [0.1, 0.15) is 0 Å². The predicted octanol–water partition coefficient (Wildman–Crippen LogP) is 0.348. The predicted molar refractivity (Wildman–Crippen MR) is 71.3 cm³/mol. The normalized spacial score (nSPS) is 29.1. The first-order valence-electron chi connectivity index (χ1n) is 7.29. The van der Waals surface area contributed by atoms with Crippen molar-refractivity contribution in [1.29, 1.82) is 0 Å². The zero-order chi connectivity index (χ0) is 12.7. The molecule has 1 amide bonds. The average Bonchev–Trinajstić information content (AvgIpc) is 2.25. The molecule has 4 heteroatoms. The molecule has 0 atom stereocenters. The van der Waals surface area contributed by atoms with Crippen LogP contribution in [0.2, 0.25) is 0 Å². The van der Waals surface area contributed by atoms with Gasteiger partial charge in [-0.15, -0.1) is 0 Å². The highest BCUT2D eigenvalue weighted by Gasteiger charge is 2.41. The van der Waals surface area contributed by atoms with Gasteiger partial charge in [0.2, 0.25) is 5.91 Å². The SMILES string of the molecule is CN1CCC(C2CN(C(=O)C3CN(C)C3)C2)CC1. The fourth-order valence-corrected chi connectivity index (χ4v) is 3.60. The van der Waals surface area contributed by atoms with E-state index in [9.17, 15) is 4.79 Å². The van der Waals surface area contributed by atoms with Crippen molar-refractivity contribution in [3.05, 3.63) is 0 Å². The fraction of sp³-hybridized carbons (Fsp3) is 0.929. The summed E-state index contributed by atoms with van der Waals surface area (Å²) in [6, 6.07) is 0.